The van der Waals surface area contributed by atoms with Crippen LogP contribution in [-0.4, -0.2) is 21.4 Å². The molecule has 0 spiro atoms. The van der Waals surface area contributed by atoms with Crippen LogP contribution in [0.3, 0.4) is 0 Å². The Morgan fingerprint density at radius 3 is 2.22 bits per heavy atom. The van der Waals surface area contributed by atoms with Gasteiger partial charge in [0.05, 0.1) is 23.7 Å². The minimum Gasteiger partial charge on any atom is -0.497 e. The molecule has 0 heterocycles. The number of rotatable bonds is 8. The van der Waals surface area contributed by atoms with E-state index in [-0.39, 0.29) is 16.8 Å². The summed E-state index contributed by atoms with van der Waals surface area (Å²) in [6.45, 7) is 5.68. The summed E-state index contributed by atoms with van der Waals surface area (Å²) in [5.74, 6) is 0.474. The number of amides is 1. The molecule has 168 valence electrons. The van der Waals surface area contributed by atoms with Gasteiger partial charge in [-0.05, 0) is 67.8 Å². The summed E-state index contributed by atoms with van der Waals surface area (Å²) in [4.78, 5) is 13.1. The van der Waals surface area contributed by atoms with E-state index < -0.39 is 10.0 Å². The van der Waals surface area contributed by atoms with E-state index in [0.29, 0.717) is 17.7 Å². The highest BCUT2D eigenvalue weighted by molar-refractivity contribution is 7.92. The van der Waals surface area contributed by atoms with E-state index in [1.165, 1.54) is 0 Å². The molecule has 0 aliphatic rings. The van der Waals surface area contributed by atoms with Gasteiger partial charge in [-0.15, -0.1) is 0 Å². The zero-order chi connectivity index (χ0) is 23.3. The Morgan fingerprint density at radius 1 is 0.969 bits per heavy atom. The zero-order valence-corrected chi connectivity index (χ0v) is 19.5. The predicted molar refractivity (Wildman–Crippen MR) is 127 cm³/mol. The zero-order valence-electron chi connectivity index (χ0n) is 18.7. The molecule has 0 fully saturated rings. The lowest BCUT2D eigenvalue weighted by Crippen LogP contribution is -2.28. The molecule has 2 N–H and O–H groups in total. The number of carbonyl (C=O) groups excluding carboxylic acids is 1. The molecule has 0 aromatic heterocycles. The number of nitrogens with one attached hydrogen (secondary N) is 2. The van der Waals surface area contributed by atoms with Crippen molar-refractivity contribution < 1.29 is 17.9 Å². The van der Waals surface area contributed by atoms with Crippen LogP contribution in [0.4, 0.5) is 5.69 Å². The highest BCUT2D eigenvalue weighted by Crippen LogP contribution is 2.24. The van der Waals surface area contributed by atoms with Crippen molar-refractivity contribution in [3.05, 3.63) is 89.0 Å². The molecule has 0 radical (unpaired) electrons. The number of benzene rings is 3. The van der Waals surface area contributed by atoms with Gasteiger partial charge < -0.3 is 10.1 Å². The molecule has 1 atom stereocenters. The van der Waals surface area contributed by atoms with Gasteiger partial charge >= 0.3 is 0 Å². The quantitative estimate of drug-likeness (QED) is 0.504. The summed E-state index contributed by atoms with van der Waals surface area (Å²) < 4.78 is 33.4. The summed E-state index contributed by atoms with van der Waals surface area (Å²) in [6.07, 6.45) is 0.705. The van der Waals surface area contributed by atoms with E-state index in [1.807, 2.05) is 38.1 Å². The monoisotopic (exact) mass is 452 g/mol. The number of anilines is 1. The molecule has 32 heavy (non-hydrogen) atoms. The maximum atomic E-state index is 12.9. The maximum absolute atomic E-state index is 12.9. The Labute approximate surface area is 189 Å². The SMILES string of the molecule is CC[C@@H](NC(=O)c1ccc(C)c(NS(=O)(=O)c2ccc(C)cc2)c1)c1ccc(OC)cc1. The number of methoxy groups -OCH3 is 1. The van der Waals surface area contributed by atoms with Gasteiger partial charge in [0, 0.05) is 5.56 Å². The molecule has 0 saturated heterocycles. The van der Waals surface area contributed by atoms with Crippen molar-refractivity contribution in [2.75, 3.05) is 11.8 Å². The average Bonchev–Trinajstić information content (AvgIpc) is 2.79. The van der Waals surface area contributed by atoms with Gasteiger partial charge in [-0.1, -0.05) is 42.8 Å². The first kappa shape index (κ1) is 23.3. The number of hydrogen-bond acceptors (Lipinski definition) is 4. The molecule has 3 rings (SSSR count). The lowest BCUT2D eigenvalue weighted by Gasteiger charge is -2.19. The normalized spacial score (nSPS) is 12.1. The van der Waals surface area contributed by atoms with Crippen molar-refractivity contribution in [1.82, 2.24) is 5.32 Å². The third kappa shape index (κ3) is 5.48. The van der Waals surface area contributed by atoms with E-state index >= 15 is 0 Å². The fourth-order valence-electron chi connectivity index (χ4n) is 3.29. The average molecular weight is 453 g/mol. The lowest BCUT2D eigenvalue weighted by molar-refractivity contribution is 0.0935. The molecular weight excluding hydrogens is 424 g/mol. The standard InChI is InChI=1S/C25H28N2O4S/c1-5-23(19-10-12-21(31-4)13-11-19)26-25(28)20-9-8-18(3)24(16-20)27-32(29,30)22-14-6-17(2)7-15-22/h6-16,23,27H,5H2,1-4H3,(H,26,28)/t23-/m1/s1. The van der Waals surface area contributed by atoms with Gasteiger partial charge in [-0.3, -0.25) is 9.52 Å². The minimum atomic E-state index is -3.77. The Balaban J connectivity index is 1.80. The first-order valence-electron chi connectivity index (χ1n) is 10.4. The summed E-state index contributed by atoms with van der Waals surface area (Å²) >= 11 is 0. The minimum absolute atomic E-state index is 0.169. The van der Waals surface area contributed by atoms with Crippen LogP contribution in [0.15, 0.2) is 71.6 Å². The van der Waals surface area contributed by atoms with Gasteiger partial charge in [0.2, 0.25) is 0 Å². The second-order valence-electron chi connectivity index (χ2n) is 7.66. The van der Waals surface area contributed by atoms with Gasteiger partial charge in [-0.25, -0.2) is 8.42 Å². The molecular formula is C25H28N2O4S. The van der Waals surface area contributed by atoms with Crippen molar-refractivity contribution >= 4 is 21.6 Å². The largest absolute Gasteiger partial charge is 0.497 e. The van der Waals surface area contributed by atoms with Crippen LogP contribution in [0.2, 0.25) is 0 Å². The highest BCUT2D eigenvalue weighted by atomic mass is 32.2. The van der Waals surface area contributed by atoms with Crippen molar-refractivity contribution in [2.24, 2.45) is 0 Å². The van der Waals surface area contributed by atoms with E-state index in [2.05, 4.69) is 10.0 Å². The molecule has 0 aliphatic heterocycles. The number of ether oxygens (including phenoxy) is 1. The fourth-order valence-corrected chi connectivity index (χ4v) is 4.41. The van der Waals surface area contributed by atoms with Crippen LogP contribution in [0, 0.1) is 13.8 Å². The topological polar surface area (TPSA) is 84.5 Å². The summed E-state index contributed by atoms with van der Waals surface area (Å²) in [7, 11) is -2.16. The van der Waals surface area contributed by atoms with Crippen LogP contribution in [0.1, 0.15) is 46.4 Å². The Morgan fingerprint density at radius 2 is 1.62 bits per heavy atom. The second-order valence-corrected chi connectivity index (χ2v) is 9.34. The number of aryl methyl sites for hydroxylation is 2. The smallest absolute Gasteiger partial charge is 0.261 e. The molecule has 0 saturated carbocycles. The maximum Gasteiger partial charge on any atom is 0.261 e. The van der Waals surface area contributed by atoms with E-state index in [9.17, 15) is 13.2 Å². The second kappa shape index (κ2) is 9.87. The molecule has 1 amide bonds. The van der Waals surface area contributed by atoms with Crippen LogP contribution >= 0.6 is 0 Å². The van der Waals surface area contributed by atoms with Crippen LogP contribution in [0.5, 0.6) is 5.75 Å². The lowest BCUT2D eigenvalue weighted by atomic mass is 10.0. The van der Waals surface area contributed by atoms with Crippen molar-refractivity contribution in [3.63, 3.8) is 0 Å². The molecule has 3 aromatic carbocycles. The van der Waals surface area contributed by atoms with Crippen molar-refractivity contribution in [3.8, 4) is 5.75 Å². The fraction of sp³-hybridized carbons (Fsp3) is 0.240. The first-order valence-corrected chi connectivity index (χ1v) is 11.9. The molecule has 0 aliphatic carbocycles. The first-order chi connectivity index (χ1) is 15.2. The van der Waals surface area contributed by atoms with Gasteiger partial charge in [-0.2, -0.15) is 0 Å². The Bertz CT molecular complexity index is 1190. The molecule has 0 bridgehead atoms. The van der Waals surface area contributed by atoms with Crippen molar-refractivity contribution in [2.45, 2.75) is 38.1 Å². The molecule has 0 unspecified atom stereocenters. The number of carbonyl (C=O) groups is 1. The van der Waals surface area contributed by atoms with E-state index in [1.54, 1.807) is 56.5 Å². The molecule has 7 heteroatoms. The third-order valence-electron chi connectivity index (χ3n) is 5.31. The van der Waals surface area contributed by atoms with E-state index in [0.717, 1.165) is 22.4 Å². The van der Waals surface area contributed by atoms with Gasteiger partial charge in [0.15, 0.2) is 0 Å². The number of hydrogen-bond donors (Lipinski definition) is 2. The third-order valence-corrected chi connectivity index (χ3v) is 6.69. The summed E-state index contributed by atoms with van der Waals surface area (Å²) in [5.41, 5.74) is 3.41. The van der Waals surface area contributed by atoms with Crippen LogP contribution in [0.25, 0.3) is 0 Å². The molecule has 3 aromatic rings. The predicted octanol–water partition coefficient (Wildman–Crippen LogP) is 4.99. The van der Waals surface area contributed by atoms with Crippen LogP contribution < -0.4 is 14.8 Å². The number of sulfonamides is 1. The highest BCUT2D eigenvalue weighted by Gasteiger charge is 2.18. The van der Waals surface area contributed by atoms with E-state index in [4.69, 9.17) is 4.74 Å². The van der Waals surface area contributed by atoms with Crippen molar-refractivity contribution in [1.29, 1.82) is 0 Å². The summed E-state index contributed by atoms with van der Waals surface area (Å²) in [5, 5.41) is 3.03. The summed E-state index contributed by atoms with van der Waals surface area (Å²) in [6, 6.07) is 19.0. The Kier molecular flexibility index (Phi) is 7.20. The van der Waals surface area contributed by atoms with Crippen LogP contribution in [-0.2, 0) is 10.0 Å². The van der Waals surface area contributed by atoms with Gasteiger partial charge in [0.25, 0.3) is 15.9 Å². The van der Waals surface area contributed by atoms with Gasteiger partial charge in [0.1, 0.15) is 5.75 Å². The molecule has 6 nitrogen and oxygen atoms in total. The Hall–Kier alpha value is -3.32.